The first-order valence-electron chi connectivity index (χ1n) is 13.8. The summed E-state index contributed by atoms with van der Waals surface area (Å²) in [5.74, 6) is 2.97. The van der Waals surface area contributed by atoms with Crippen molar-refractivity contribution in [3.8, 4) is 16.4 Å². The van der Waals surface area contributed by atoms with Gasteiger partial charge in [-0.15, -0.1) is 15.0 Å². The predicted octanol–water partition coefficient (Wildman–Crippen LogP) is 4.87. The normalized spacial score (nSPS) is 20.7. The van der Waals surface area contributed by atoms with Crippen molar-refractivity contribution in [3.63, 3.8) is 0 Å². The summed E-state index contributed by atoms with van der Waals surface area (Å²) >= 11 is 1.47. The van der Waals surface area contributed by atoms with Crippen LogP contribution in [0.15, 0.2) is 48.7 Å². The quantitative estimate of drug-likeness (QED) is 0.285. The molecule has 1 aromatic carbocycles. The molecular weight excluding hydrogens is 510 g/mol. The Morgan fingerprint density at radius 2 is 1.77 bits per heavy atom. The molecule has 39 heavy (non-hydrogen) atoms. The van der Waals surface area contributed by atoms with E-state index in [2.05, 4.69) is 55.0 Å². The van der Waals surface area contributed by atoms with Gasteiger partial charge < -0.3 is 15.7 Å². The fraction of sp³-hybridized carbons (Fsp3) is 0.464. The number of nitrogens with one attached hydrogen (secondary N) is 2. The van der Waals surface area contributed by atoms with Crippen molar-refractivity contribution in [1.82, 2.24) is 35.1 Å². The molecule has 204 valence electrons. The van der Waals surface area contributed by atoms with Crippen LogP contribution in [0.25, 0.3) is 16.4 Å². The number of aromatic nitrogens is 6. The second-order valence-electron chi connectivity index (χ2n) is 10.7. The van der Waals surface area contributed by atoms with Gasteiger partial charge in [-0.2, -0.15) is 0 Å². The maximum atomic E-state index is 9.91. The highest BCUT2D eigenvalue weighted by Gasteiger charge is 2.21. The van der Waals surface area contributed by atoms with Gasteiger partial charge in [-0.25, -0.2) is 9.97 Å². The lowest BCUT2D eigenvalue weighted by atomic mass is 9.93. The lowest BCUT2D eigenvalue weighted by Crippen LogP contribution is -2.32. The molecule has 4 heterocycles. The number of anilines is 3. The first kappa shape index (κ1) is 25.8. The Labute approximate surface area is 232 Å². The van der Waals surface area contributed by atoms with Crippen LogP contribution in [0.5, 0.6) is 0 Å². The van der Waals surface area contributed by atoms with E-state index in [4.69, 9.17) is 4.98 Å². The Bertz CT molecular complexity index is 1320. The molecule has 0 spiro atoms. The number of thiazole rings is 1. The molecule has 1 saturated carbocycles. The van der Waals surface area contributed by atoms with Gasteiger partial charge in [-0.05, 0) is 92.6 Å². The number of benzene rings is 1. The summed E-state index contributed by atoms with van der Waals surface area (Å²) in [6.45, 7) is 5.50. The number of para-hydroxylation sites is 1. The second kappa shape index (κ2) is 11.8. The molecule has 2 fully saturated rings. The highest BCUT2D eigenvalue weighted by Crippen LogP contribution is 2.30. The number of rotatable bonds is 8. The number of aliphatic hydroxyl groups is 1. The van der Waals surface area contributed by atoms with Crippen molar-refractivity contribution >= 4 is 28.1 Å². The third kappa shape index (κ3) is 6.60. The van der Waals surface area contributed by atoms with E-state index < -0.39 is 0 Å². The number of aliphatic hydroxyl groups excluding tert-OH is 1. The first-order valence-corrected chi connectivity index (χ1v) is 14.7. The van der Waals surface area contributed by atoms with Gasteiger partial charge in [0.1, 0.15) is 11.6 Å². The highest BCUT2D eigenvalue weighted by atomic mass is 32.1. The Morgan fingerprint density at radius 1 is 1.00 bits per heavy atom. The number of hydrogen-bond acceptors (Lipinski definition) is 10. The van der Waals surface area contributed by atoms with E-state index in [0.29, 0.717) is 11.9 Å². The van der Waals surface area contributed by atoms with Gasteiger partial charge in [0.15, 0.2) is 5.13 Å². The SMILES string of the molecule is CC1CCN(Cc2cc(Nc3ncc(-c4nnn(-c5ccccc5)n4)s3)nc(N[C@H]3CC[C@H](O)CC3)c2)CC1. The molecule has 3 N–H and O–H groups in total. The van der Waals surface area contributed by atoms with E-state index >= 15 is 0 Å². The standard InChI is InChI=1S/C28H35N9OS/c1-19-11-13-36(14-12-19)18-20-15-25(30-21-7-9-23(38)10-8-21)31-26(16-20)32-28-29-17-24(39-28)27-33-35-37(34-27)22-5-3-2-4-6-22/h2-6,15-17,19,21,23,38H,7-14,18H2,1H3,(H2,29,30,31,32)/t21-,23-. The molecule has 1 aliphatic heterocycles. The van der Waals surface area contributed by atoms with Crippen molar-refractivity contribution in [3.05, 3.63) is 54.2 Å². The zero-order chi connectivity index (χ0) is 26.6. The van der Waals surface area contributed by atoms with Gasteiger partial charge in [-0.1, -0.05) is 36.5 Å². The number of piperidine rings is 1. The van der Waals surface area contributed by atoms with Gasteiger partial charge in [0.2, 0.25) is 5.82 Å². The fourth-order valence-corrected chi connectivity index (χ4v) is 6.00. The topological polar surface area (TPSA) is 117 Å². The summed E-state index contributed by atoms with van der Waals surface area (Å²) in [6, 6.07) is 14.3. The molecule has 0 unspecified atom stereocenters. The van der Waals surface area contributed by atoms with Crippen molar-refractivity contribution < 1.29 is 5.11 Å². The summed E-state index contributed by atoms with van der Waals surface area (Å²) in [7, 11) is 0. The van der Waals surface area contributed by atoms with Crippen LogP contribution >= 0.6 is 11.3 Å². The lowest BCUT2D eigenvalue weighted by molar-refractivity contribution is 0.126. The van der Waals surface area contributed by atoms with Gasteiger partial charge in [0, 0.05) is 12.6 Å². The summed E-state index contributed by atoms with van der Waals surface area (Å²) in [6.07, 6.45) is 7.65. The van der Waals surface area contributed by atoms with Crippen molar-refractivity contribution in [2.45, 2.75) is 64.1 Å². The third-order valence-electron chi connectivity index (χ3n) is 7.58. The number of nitrogens with zero attached hydrogens (tertiary/aromatic N) is 7. The van der Waals surface area contributed by atoms with Crippen LogP contribution in [0.2, 0.25) is 0 Å². The highest BCUT2D eigenvalue weighted by molar-refractivity contribution is 7.18. The number of tetrazole rings is 1. The fourth-order valence-electron chi connectivity index (χ4n) is 5.25. The second-order valence-corrected chi connectivity index (χ2v) is 11.8. The van der Waals surface area contributed by atoms with E-state index in [9.17, 15) is 5.11 Å². The molecule has 0 atom stereocenters. The minimum absolute atomic E-state index is 0.177. The molecule has 11 heteroatoms. The largest absolute Gasteiger partial charge is 0.393 e. The molecule has 10 nitrogen and oxygen atoms in total. The van der Waals surface area contributed by atoms with Crippen molar-refractivity contribution in [2.24, 2.45) is 5.92 Å². The van der Waals surface area contributed by atoms with Crippen molar-refractivity contribution in [2.75, 3.05) is 23.7 Å². The summed E-state index contributed by atoms with van der Waals surface area (Å²) in [5.41, 5.74) is 2.08. The third-order valence-corrected chi connectivity index (χ3v) is 8.49. The first-order chi connectivity index (χ1) is 19.1. The zero-order valence-corrected chi connectivity index (χ0v) is 23.0. The number of hydrogen-bond donors (Lipinski definition) is 3. The summed E-state index contributed by atoms with van der Waals surface area (Å²) in [4.78, 5) is 14.3. The van der Waals surface area contributed by atoms with Gasteiger partial charge in [-0.3, -0.25) is 4.90 Å². The average Bonchev–Trinajstić information content (AvgIpc) is 3.62. The van der Waals surface area contributed by atoms with Crippen LogP contribution in [0.4, 0.5) is 16.8 Å². The molecule has 1 aliphatic carbocycles. The van der Waals surface area contributed by atoms with Gasteiger partial charge in [0.25, 0.3) is 0 Å². The molecule has 6 rings (SSSR count). The molecule has 0 amide bonds. The summed E-state index contributed by atoms with van der Waals surface area (Å²) < 4.78 is 0. The number of pyridine rings is 1. The Morgan fingerprint density at radius 3 is 2.56 bits per heavy atom. The van der Waals surface area contributed by atoms with E-state index in [1.807, 2.05) is 30.3 Å². The van der Waals surface area contributed by atoms with Crippen LogP contribution in [-0.4, -0.2) is 65.4 Å². The molecule has 0 radical (unpaired) electrons. The average molecular weight is 546 g/mol. The molecule has 3 aromatic heterocycles. The Kier molecular flexibility index (Phi) is 7.80. The molecule has 2 aliphatic rings. The lowest BCUT2D eigenvalue weighted by Gasteiger charge is -2.30. The van der Waals surface area contributed by atoms with Crippen LogP contribution < -0.4 is 10.6 Å². The molecular formula is C28H35N9OS. The van der Waals surface area contributed by atoms with E-state index in [1.54, 1.807) is 6.20 Å². The summed E-state index contributed by atoms with van der Waals surface area (Å²) in [5, 5.41) is 30.6. The van der Waals surface area contributed by atoms with Crippen LogP contribution in [0.1, 0.15) is 51.0 Å². The van der Waals surface area contributed by atoms with Gasteiger partial charge >= 0.3 is 0 Å². The molecule has 0 bridgehead atoms. The smallest absolute Gasteiger partial charge is 0.216 e. The minimum atomic E-state index is -0.177. The monoisotopic (exact) mass is 545 g/mol. The van der Waals surface area contributed by atoms with Crippen LogP contribution in [0.3, 0.4) is 0 Å². The Balaban J connectivity index is 1.19. The van der Waals surface area contributed by atoms with Crippen LogP contribution in [0, 0.1) is 5.92 Å². The van der Waals surface area contributed by atoms with E-state index in [0.717, 1.165) is 78.6 Å². The van der Waals surface area contributed by atoms with Gasteiger partial charge in [0.05, 0.1) is 22.9 Å². The van der Waals surface area contributed by atoms with Crippen LogP contribution in [-0.2, 0) is 6.54 Å². The molecule has 4 aromatic rings. The Hall–Kier alpha value is -3.41. The maximum Gasteiger partial charge on any atom is 0.216 e. The van der Waals surface area contributed by atoms with E-state index in [1.165, 1.54) is 34.5 Å². The zero-order valence-electron chi connectivity index (χ0n) is 22.2. The number of likely N-dealkylation sites (tertiary alicyclic amines) is 1. The molecule has 1 saturated heterocycles. The van der Waals surface area contributed by atoms with Crippen molar-refractivity contribution in [1.29, 1.82) is 0 Å². The maximum absolute atomic E-state index is 9.91. The predicted molar refractivity (Wildman–Crippen MR) is 153 cm³/mol. The van der Waals surface area contributed by atoms with E-state index in [-0.39, 0.29) is 6.10 Å². The minimum Gasteiger partial charge on any atom is -0.393 e.